The average molecular weight is 287 g/mol. The highest BCUT2D eigenvalue weighted by atomic mass is 16.2. The van der Waals surface area contributed by atoms with Crippen molar-refractivity contribution in [2.45, 2.75) is 25.8 Å². The second kappa shape index (κ2) is 6.92. The van der Waals surface area contributed by atoms with Crippen LogP contribution in [0, 0.1) is 0 Å². The molecule has 0 saturated carbocycles. The predicted octanol–water partition coefficient (Wildman–Crippen LogP) is 1.75. The summed E-state index contributed by atoms with van der Waals surface area (Å²) in [5, 5.41) is 2.50. The Balaban J connectivity index is 2.01. The molecule has 1 aliphatic rings. The van der Waals surface area contributed by atoms with Gasteiger partial charge in [-0.05, 0) is 24.0 Å². The molecule has 5 nitrogen and oxygen atoms in total. The minimum Gasteiger partial charge on any atom is -0.352 e. The number of hydrogen-bond donors (Lipinski definition) is 2. The summed E-state index contributed by atoms with van der Waals surface area (Å²) in [4.78, 5) is 25.0. The molecule has 0 fully saturated rings. The minimum atomic E-state index is -0.660. The molecule has 3 N–H and O–H groups in total. The van der Waals surface area contributed by atoms with Gasteiger partial charge in [-0.2, -0.15) is 0 Å². The molecule has 1 atom stereocenters. The van der Waals surface area contributed by atoms with Gasteiger partial charge in [-0.15, -0.1) is 0 Å². The van der Waals surface area contributed by atoms with Gasteiger partial charge >= 0.3 is 6.03 Å². The maximum absolute atomic E-state index is 12.3. The van der Waals surface area contributed by atoms with E-state index in [2.05, 4.69) is 23.5 Å². The molecule has 1 unspecified atom stereocenters. The molecule has 5 heteroatoms. The van der Waals surface area contributed by atoms with Crippen molar-refractivity contribution in [1.82, 2.24) is 10.2 Å². The van der Waals surface area contributed by atoms with Crippen molar-refractivity contribution in [1.29, 1.82) is 0 Å². The number of nitrogens with one attached hydrogen (secondary N) is 1. The smallest absolute Gasteiger partial charge is 0.312 e. The summed E-state index contributed by atoms with van der Waals surface area (Å²) in [6, 6.07) is 8.97. The van der Waals surface area contributed by atoms with E-state index in [4.69, 9.17) is 5.73 Å². The number of nitrogens with two attached hydrogens (primary N) is 1. The van der Waals surface area contributed by atoms with Gasteiger partial charge in [0.15, 0.2) is 0 Å². The van der Waals surface area contributed by atoms with E-state index < -0.39 is 12.1 Å². The van der Waals surface area contributed by atoms with Gasteiger partial charge in [-0.25, -0.2) is 4.79 Å². The Bertz CT molecular complexity index is 540. The van der Waals surface area contributed by atoms with E-state index in [1.165, 1.54) is 11.1 Å². The number of nitrogens with zero attached hydrogens (tertiary/aromatic N) is 1. The monoisotopic (exact) mass is 287 g/mol. The van der Waals surface area contributed by atoms with E-state index in [1.807, 2.05) is 25.1 Å². The molecule has 1 aliphatic heterocycles. The van der Waals surface area contributed by atoms with Gasteiger partial charge in [-0.3, -0.25) is 4.79 Å². The first kappa shape index (κ1) is 15.1. The summed E-state index contributed by atoms with van der Waals surface area (Å²) in [5.74, 6) is -0.0698. The molecule has 0 radical (unpaired) electrons. The lowest BCUT2D eigenvalue weighted by molar-refractivity contribution is -0.132. The Kier molecular flexibility index (Phi) is 4.98. The van der Waals surface area contributed by atoms with E-state index >= 15 is 0 Å². The van der Waals surface area contributed by atoms with Crippen molar-refractivity contribution >= 4 is 17.5 Å². The van der Waals surface area contributed by atoms with Crippen molar-refractivity contribution < 1.29 is 9.59 Å². The van der Waals surface area contributed by atoms with E-state index in [9.17, 15) is 9.59 Å². The van der Waals surface area contributed by atoms with Gasteiger partial charge in [-0.1, -0.05) is 43.3 Å². The minimum absolute atomic E-state index is 0.0698. The third-order valence-electron chi connectivity index (χ3n) is 3.69. The Morgan fingerprint density at radius 2 is 2.05 bits per heavy atom. The highest BCUT2D eigenvalue weighted by Gasteiger charge is 2.25. The topological polar surface area (TPSA) is 75.4 Å². The van der Waals surface area contributed by atoms with Crippen LogP contribution < -0.4 is 11.1 Å². The third-order valence-corrected chi connectivity index (χ3v) is 3.69. The van der Waals surface area contributed by atoms with Gasteiger partial charge in [0.05, 0.1) is 0 Å². The summed E-state index contributed by atoms with van der Waals surface area (Å²) in [6.07, 6.45) is 3.43. The molecule has 1 heterocycles. The number of urea groups is 1. The van der Waals surface area contributed by atoms with Crippen LogP contribution in [-0.2, 0) is 4.79 Å². The van der Waals surface area contributed by atoms with Crippen molar-refractivity contribution in [3.8, 4) is 0 Å². The fraction of sp³-hybridized carbons (Fsp3) is 0.375. The van der Waals surface area contributed by atoms with E-state index in [1.54, 1.807) is 4.90 Å². The van der Waals surface area contributed by atoms with Crippen LogP contribution in [0.15, 0.2) is 36.4 Å². The molecule has 2 rings (SSSR count). The molecule has 1 aromatic carbocycles. The summed E-state index contributed by atoms with van der Waals surface area (Å²) >= 11 is 0. The number of carbonyl (C=O) groups excluding carboxylic acids is 2. The Morgan fingerprint density at radius 1 is 1.33 bits per heavy atom. The molecule has 0 aliphatic carbocycles. The lowest BCUT2D eigenvalue weighted by atomic mass is 9.99. The second-order valence-corrected chi connectivity index (χ2v) is 5.10. The zero-order valence-corrected chi connectivity index (χ0v) is 12.2. The Morgan fingerprint density at radius 3 is 2.57 bits per heavy atom. The first-order valence-electron chi connectivity index (χ1n) is 7.21. The van der Waals surface area contributed by atoms with Crippen LogP contribution in [0.2, 0.25) is 0 Å². The van der Waals surface area contributed by atoms with Crippen LogP contribution in [0.25, 0.3) is 5.57 Å². The number of primary amides is 1. The maximum Gasteiger partial charge on any atom is 0.312 e. The summed E-state index contributed by atoms with van der Waals surface area (Å²) in [5.41, 5.74) is 7.56. The standard InChI is InChI=1S/C16H21N3O2/c1-2-14(18-16(17)21)15(20)19-10-8-13(9-11-19)12-6-4-3-5-7-12/h3-8,14H,2,9-11H2,1H3,(H3,17,18,21). The van der Waals surface area contributed by atoms with Crippen LogP contribution in [0.1, 0.15) is 25.3 Å². The zero-order chi connectivity index (χ0) is 15.2. The van der Waals surface area contributed by atoms with Crippen LogP contribution in [-0.4, -0.2) is 36.0 Å². The summed E-state index contributed by atoms with van der Waals surface area (Å²) in [7, 11) is 0. The van der Waals surface area contributed by atoms with E-state index in [-0.39, 0.29) is 5.91 Å². The molecular weight excluding hydrogens is 266 g/mol. The quantitative estimate of drug-likeness (QED) is 0.885. The molecule has 21 heavy (non-hydrogen) atoms. The van der Waals surface area contributed by atoms with E-state index in [0.717, 1.165) is 6.42 Å². The molecule has 1 aromatic rings. The van der Waals surface area contributed by atoms with Crippen molar-refractivity contribution in [2.24, 2.45) is 5.73 Å². The molecule has 0 saturated heterocycles. The largest absolute Gasteiger partial charge is 0.352 e. The van der Waals surface area contributed by atoms with Gasteiger partial charge < -0.3 is 16.0 Å². The van der Waals surface area contributed by atoms with Crippen molar-refractivity contribution in [2.75, 3.05) is 13.1 Å². The SMILES string of the molecule is CCC(NC(N)=O)C(=O)N1CC=C(c2ccccc2)CC1. The number of hydrogen-bond acceptors (Lipinski definition) is 2. The fourth-order valence-corrected chi connectivity index (χ4v) is 2.51. The van der Waals surface area contributed by atoms with Gasteiger partial charge in [0.2, 0.25) is 5.91 Å². The number of benzene rings is 1. The maximum atomic E-state index is 12.3. The lowest BCUT2D eigenvalue weighted by Gasteiger charge is -2.30. The first-order chi connectivity index (χ1) is 10.1. The van der Waals surface area contributed by atoms with Gasteiger partial charge in [0, 0.05) is 13.1 Å². The lowest BCUT2D eigenvalue weighted by Crippen LogP contribution is -2.50. The number of rotatable bonds is 4. The van der Waals surface area contributed by atoms with Crippen LogP contribution >= 0.6 is 0 Å². The molecule has 112 valence electrons. The van der Waals surface area contributed by atoms with Crippen LogP contribution in [0.3, 0.4) is 0 Å². The van der Waals surface area contributed by atoms with E-state index in [0.29, 0.717) is 19.5 Å². The average Bonchev–Trinajstić information content (AvgIpc) is 2.53. The Hall–Kier alpha value is -2.30. The first-order valence-corrected chi connectivity index (χ1v) is 7.21. The highest BCUT2D eigenvalue weighted by Crippen LogP contribution is 2.22. The number of carbonyl (C=O) groups is 2. The molecule has 3 amide bonds. The van der Waals surface area contributed by atoms with Crippen molar-refractivity contribution in [3.05, 3.63) is 42.0 Å². The molecular formula is C16H21N3O2. The highest BCUT2D eigenvalue weighted by molar-refractivity contribution is 5.87. The van der Waals surface area contributed by atoms with Crippen LogP contribution in [0.4, 0.5) is 4.79 Å². The predicted molar refractivity (Wildman–Crippen MR) is 82.4 cm³/mol. The van der Waals surface area contributed by atoms with Crippen LogP contribution in [0.5, 0.6) is 0 Å². The summed E-state index contributed by atoms with van der Waals surface area (Å²) < 4.78 is 0. The van der Waals surface area contributed by atoms with Gasteiger partial charge in [0.25, 0.3) is 0 Å². The van der Waals surface area contributed by atoms with Crippen molar-refractivity contribution in [3.63, 3.8) is 0 Å². The fourth-order valence-electron chi connectivity index (χ4n) is 2.51. The zero-order valence-electron chi connectivity index (χ0n) is 12.2. The third kappa shape index (κ3) is 3.84. The van der Waals surface area contributed by atoms with Gasteiger partial charge in [0.1, 0.15) is 6.04 Å². The normalized spacial score (nSPS) is 16.0. The molecule has 0 spiro atoms. The second-order valence-electron chi connectivity index (χ2n) is 5.10. The summed E-state index contributed by atoms with van der Waals surface area (Å²) in [6.45, 7) is 3.09. The Labute approximate surface area is 124 Å². The molecule has 0 aromatic heterocycles. The molecule has 0 bridgehead atoms. The number of amides is 3.